The SMILES string of the molecule is COC(=O)[C@]12C3=COC=C(CCC(=O)[C@@H]1CC3)[C@@H]2C(=O)[O-]. The van der Waals surface area contributed by atoms with E-state index in [0.717, 1.165) is 0 Å². The second-order valence-corrected chi connectivity index (χ2v) is 5.64. The van der Waals surface area contributed by atoms with Crippen molar-refractivity contribution in [3.63, 3.8) is 0 Å². The lowest BCUT2D eigenvalue weighted by Crippen LogP contribution is -2.52. The fraction of sp³-hybridized carbons (Fsp3) is 0.533. The summed E-state index contributed by atoms with van der Waals surface area (Å²) in [6.07, 6.45) is 4.05. The first-order valence-electron chi connectivity index (χ1n) is 6.89. The third-order valence-electron chi connectivity index (χ3n) is 4.85. The van der Waals surface area contributed by atoms with Crippen molar-refractivity contribution in [3.8, 4) is 0 Å². The van der Waals surface area contributed by atoms with Crippen molar-refractivity contribution in [3.05, 3.63) is 23.7 Å². The largest absolute Gasteiger partial charge is 0.549 e. The standard InChI is InChI=1S/C15H16O6/c1-20-14(19)15-9-3-4-10(15)11(16)5-2-8(6-21-7-9)12(15)13(17)18/h6-7,10,12H,2-5H2,1H3,(H,17,18)/p-1/t10-,12+,15+/m0/s1. The molecule has 0 aromatic carbocycles. The van der Waals surface area contributed by atoms with Crippen LogP contribution < -0.4 is 5.11 Å². The Bertz CT molecular complexity index is 587. The van der Waals surface area contributed by atoms with Crippen molar-refractivity contribution < 1.29 is 29.0 Å². The van der Waals surface area contributed by atoms with Crippen molar-refractivity contribution in [2.45, 2.75) is 25.7 Å². The van der Waals surface area contributed by atoms with Crippen LogP contribution in [0.25, 0.3) is 0 Å². The van der Waals surface area contributed by atoms with Gasteiger partial charge in [0, 0.05) is 18.3 Å². The van der Waals surface area contributed by atoms with E-state index in [1.807, 2.05) is 0 Å². The van der Waals surface area contributed by atoms with E-state index >= 15 is 0 Å². The highest BCUT2D eigenvalue weighted by atomic mass is 16.5. The molecule has 2 fully saturated rings. The first-order valence-corrected chi connectivity index (χ1v) is 6.89. The van der Waals surface area contributed by atoms with E-state index in [0.29, 0.717) is 24.0 Å². The number of carbonyl (C=O) groups is 3. The Morgan fingerprint density at radius 1 is 1.33 bits per heavy atom. The van der Waals surface area contributed by atoms with Crippen LogP contribution >= 0.6 is 0 Å². The molecule has 0 aromatic rings. The Balaban J connectivity index is 2.31. The lowest BCUT2D eigenvalue weighted by molar-refractivity contribution is -0.313. The molecule has 1 aliphatic heterocycles. The van der Waals surface area contributed by atoms with E-state index in [1.54, 1.807) is 0 Å². The van der Waals surface area contributed by atoms with Gasteiger partial charge in [0.1, 0.15) is 11.2 Å². The van der Waals surface area contributed by atoms with E-state index in [-0.39, 0.29) is 18.6 Å². The molecule has 0 N–H and O–H groups in total. The summed E-state index contributed by atoms with van der Waals surface area (Å²) in [4.78, 5) is 36.7. The summed E-state index contributed by atoms with van der Waals surface area (Å²) in [5.74, 6) is -4.06. The maximum absolute atomic E-state index is 12.5. The Labute approximate surface area is 121 Å². The maximum atomic E-state index is 12.5. The Hall–Kier alpha value is -2.11. The molecule has 2 bridgehead atoms. The number of methoxy groups -OCH3 is 1. The molecule has 3 rings (SSSR count). The summed E-state index contributed by atoms with van der Waals surface area (Å²) in [5, 5.41) is 11.8. The molecule has 0 unspecified atom stereocenters. The number of hydrogen-bond donors (Lipinski definition) is 0. The van der Waals surface area contributed by atoms with Gasteiger partial charge in [-0.3, -0.25) is 9.59 Å². The molecule has 3 aliphatic rings. The number of Topliss-reactive ketones (excluding diaryl/α,β-unsaturated/α-hetero) is 1. The monoisotopic (exact) mass is 291 g/mol. The quantitative estimate of drug-likeness (QED) is 0.669. The highest BCUT2D eigenvalue weighted by Crippen LogP contribution is 2.58. The molecule has 0 radical (unpaired) electrons. The number of hydrogen-bond acceptors (Lipinski definition) is 6. The number of ketones is 1. The van der Waals surface area contributed by atoms with Gasteiger partial charge in [0.15, 0.2) is 0 Å². The molecule has 1 heterocycles. The van der Waals surface area contributed by atoms with E-state index in [9.17, 15) is 19.5 Å². The molecule has 2 saturated carbocycles. The number of esters is 1. The molecule has 6 nitrogen and oxygen atoms in total. The molecule has 0 spiro atoms. The van der Waals surface area contributed by atoms with Crippen molar-refractivity contribution in [2.24, 2.45) is 17.3 Å². The molecule has 2 aliphatic carbocycles. The summed E-state index contributed by atoms with van der Waals surface area (Å²) in [5.41, 5.74) is -0.594. The molecule has 3 atom stereocenters. The number of aliphatic carboxylic acids is 1. The van der Waals surface area contributed by atoms with E-state index in [2.05, 4.69) is 0 Å². The lowest BCUT2D eigenvalue weighted by atomic mass is 9.64. The maximum Gasteiger partial charge on any atom is 0.317 e. The predicted octanol–water partition coefficient (Wildman–Crippen LogP) is 0.0828. The summed E-state index contributed by atoms with van der Waals surface area (Å²) in [6, 6.07) is 0. The molecular formula is C15H15O6-. The Kier molecular flexibility index (Phi) is 3.11. The summed E-state index contributed by atoms with van der Waals surface area (Å²) in [6.45, 7) is 0. The van der Waals surface area contributed by atoms with Crippen molar-refractivity contribution in [1.29, 1.82) is 0 Å². The van der Waals surface area contributed by atoms with Gasteiger partial charge in [-0.15, -0.1) is 0 Å². The molecule has 0 amide bonds. The van der Waals surface area contributed by atoms with Crippen LogP contribution in [0.5, 0.6) is 0 Å². The first kappa shape index (κ1) is 13.9. The predicted molar refractivity (Wildman–Crippen MR) is 67.2 cm³/mol. The summed E-state index contributed by atoms with van der Waals surface area (Å²) in [7, 11) is 1.20. The van der Waals surface area contributed by atoms with Gasteiger partial charge < -0.3 is 19.4 Å². The lowest BCUT2D eigenvalue weighted by Gasteiger charge is -2.38. The normalized spacial score (nSPS) is 34.0. The number of ether oxygens (including phenoxy) is 2. The van der Waals surface area contributed by atoms with Crippen LogP contribution in [-0.2, 0) is 23.9 Å². The third-order valence-corrected chi connectivity index (χ3v) is 4.85. The average Bonchev–Trinajstić information content (AvgIpc) is 2.66. The zero-order valence-electron chi connectivity index (χ0n) is 11.6. The van der Waals surface area contributed by atoms with Gasteiger partial charge in [-0.05, 0) is 30.4 Å². The van der Waals surface area contributed by atoms with Crippen LogP contribution in [-0.4, -0.2) is 24.8 Å². The van der Waals surface area contributed by atoms with Gasteiger partial charge in [0.05, 0.1) is 25.6 Å². The zero-order valence-corrected chi connectivity index (χ0v) is 11.6. The zero-order chi connectivity index (χ0) is 15.2. The minimum Gasteiger partial charge on any atom is -0.549 e. The minimum absolute atomic E-state index is 0.0969. The fourth-order valence-corrected chi connectivity index (χ4v) is 4.02. The summed E-state index contributed by atoms with van der Waals surface area (Å²) >= 11 is 0. The minimum atomic E-state index is -1.51. The summed E-state index contributed by atoms with van der Waals surface area (Å²) < 4.78 is 10.2. The third kappa shape index (κ3) is 1.68. The molecule has 0 saturated heterocycles. The smallest absolute Gasteiger partial charge is 0.317 e. The Morgan fingerprint density at radius 2 is 2.10 bits per heavy atom. The van der Waals surface area contributed by atoms with Crippen LogP contribution in [0.1, 0.15) is 25.7 Å². The first-order chi connectivity index (χ1) is 10.0. The van der Waals surface area contributed by atoms with Gasteiger partial charge >= 0.3 is 5.97 Å². The van der Waals surface area contributed by atoms with Crippen LogP contribution in [0.15, 0.2) is 23.7 Å². The van der Waals surface area contributed by atoms with Gasteiger partial charge in [-0.2, -0.15) is 0 Å². The molecule has 112 valence electrons. The molecule has 0 aromatic heterocycles. The Morgan fingerprint density at radius 3 is 2.76 bits per heavy atom. The van der Waals surface area contributed by atoms with Crippen LogP contribution in [0.2, 0.25) is 0 Å². The number of carbonyl (C=O) groups excluding carboxylic acids is 3. The average molecular weight is 291 g/mol. The van der Waals surface area contributed by atoms with Crippen molar-refractivity contribution in [2.75, 3.05) is 7.11 Å². The molecule has 6 heteroatoms. The van der Waals surface area contributed by atoms with Crippen LogP contribution in [0, 0.1) is 17.3 Å². The van der Waals surface area contributed by atoms with Crippen molar-refractivity contribution in [1.82, 2.24) is 0 Å². The van der Waals surface area contributed by atoms with Gasteiger partial charge in [0.2, 0.25) is 0 Å². The van der Waals surface area contributed by atoms with E-state index in [4.69, 9.17) is 9.47 Å². The number of carboxylic acid groups (broad SMARTS) is 1. The van der Waals surface area contributed by atoms with Gasteiger partial charge in [0.25, 0.3) is 0 Å². The van der Waals surface area contributed by atoms with Gasteiger partial charge in [-0.1, -0.05) is 0 Å². The number of carboxylic acids is 1. The van der Waals surface area contributed by atoms with E-state index in [1.165, 1.54) is 19.6 Å². The fourth-order valence-electron chi connectivity index (χ4n) is 4.02. The second-order valence-electron chi connectivity index (χ2n) is 5.64. The highest BCUT2D eigenvalue weighted by Gasteiger charge is 2.63. The highest BCUT2D eigenvalue weighted by molar-refractivity contribution is 5.98. The van der Waals surface area contributed by atoms with Crippen LogP contribution in [0.4, 0.5) is 0 Å². The number of rotatable bonds is 2. The number of fused-ring (bicyclic) bond motifs is 1. The topological polar surface area (TPSA) is 92.7 Å². The van der Waals surface area contributed by atoms with E-state index < -0.39 is 29.2 Å². The van der Waals surface area contributed by atoms with Crippen molar-refractivity contribution >= 4 is 17.7 Å². The molecular weight excluding hydrogens is 276 g/mol. The van der Waals surface area contributed by atoms with Gasteiger partial charge in [-0.25, -0.2) is 0 Å². The molecule has 21 heavy (non-hydrogen) atoms. The van der Waals surface area contributed by atoms with Crippen LogP contribution in [0.3, 0.4) is 0 Å². The second kappa shape index (κ2) is 4.72.